The number of urea groups is 1. The van der Waals surface area contributed by atoms with Crippen LogP contribution in [0.15, 0.2) is 54.6 Å². The van der Waals surface area contributed by atoms with Gasteiger partial charge in [-0.3, -0.25) is 4.79 Å². The molecule has 1 unspecified atom stereocenters. The Hall–Kier alpha value is -2.81. The third kappa shape index (κ3) is 5.60. The molecule has 0 saturated carbocycles. The fourth-order valence-corrected chi connectivity index (χ4v) is 2.88. The standard InChI is InChI=1S/C20H21ClN2O6/c1-26-7-8-27-13-23(20(25)22-16-4-2-3-15(21)12-16)19(24)14-5-6-17-18(11-14)29-10-9-28-17/h2-6,9-11,15H,7-8,12-13H2,1H3,(H,22,25). The van der Waals surface area contributed by atoms with Crippen LogP contribution in [0.1, 0.15) is 16.8 Å². The Morgan fingerprint density at radius 1 is 1.24 bits per heavy atom. The van der Waals surface area contributed by atoms with Crippen molar-refractivity contribution in [2.45, 2.75) is 11.8 Å². The molecule has 8 nitrogen and oxygen atoms in total. The number of hydrogen-bond acceptors (Lipinski definition) is 6. The van der Waals surface area contributed by atoms with Gasteiger partial charge in [0, 0.05) is 24.8 Å². The number of ether oxygens (including phenoxy) is 4. The normalized spacial score (nSPS) is 16.9. The lowest BCUT2D eigenvalue weighted by Gasteiger charge is -2.23. The lowest BCUT2D eigenvalue weighted by atomic mass is 10.1. The molecule has 1 aliphatic heterocycles. The van der Waals surface area contributed by atoms with E-state index < -0.39 is 11.9 Å². The van der Waals surface area contributed by atoms with Gasteiger partial charge in [-0.2, -0.15) is 0 Å². The Labute approximate surface area is 173 Å². The number of amides is 3. The number of imide groups is 1. The van der Waals surface area contributed by atoms with Crippen LogP contribution in [0.5, 0.6) is 11.5 Å². The van der Waals surface area contributed by atoms with Crippen LogP contribution in [0.3, 0.4) is 0 Å². The van der Waals surface area contributed by atoms with Crippen molar-refractivity contribution in [2.24, 2.45) is 0 Å². The summed E-state index contributed by atoms with van der Waals surface area (Å²) in [5, 5.41) is 2.50. The highest BCUT2D eigenvalue weighted by atomic mass is 35.5. The molecule has 0 radical (unpaired) electrons. The Morgan fingerprint density at radius 3 is 2.79 bits per heavy atom. The highest BCUT2D eigenvalue weighted by Crippen LogP contribution is 2.31. The van der Waals surface area contributed by atoms with E-state index in [0.29, 0.717) is 30.2 Å². The molecule has 0 spiro atoms. The highest BCUT2D eigenvalue weighted by Gasteiger charge is 2.26. The maximum Gasteiger partial charge on any atom is 0.330 e. The van der Waals surface area contributed by atoms with E-state index in [1.807, 2.05) is 6.08 Å². The molecule has 3 amide bonds. The quantitative estimate of drug-likeness (QED) is 0.414. The van der Waals surface area contributed by atoms with E-state index in [2.05, 4.69) is 5.32 Å². The van der Waals surface area contributed by atoms with Gasteiger partial charge in [0.05, 0.1) is 18.6 Å². The second-order valence-corrected chi connectivity index (χ2v) is 6.72. The number of fused-ring (bicyclic) bond motifs is 1. The number of benzene rings is 1. The summed E-state index contributed by atoms with van der Waals surface area (Å²) < 4.78 is 21.0. The van der Waals surface area contributed by atoms with Gasteiger partial charge in [-0.1, -0.05) is 12.2 Å². The number of allylic oxidation sites excluding steroid dienone is 4. The molecule has 0 saturated heterocycles. The molecular weight excluding hydrogens is 400 g/mol. The number of nitrogens with one attached hydrogen (secondary N) is 1. The number of carbonyl (C=O) groups excluding carboxylic acids is 2. The predicted molar refractivity (Wildman–Crippen MR) is 106 cm³/mol. The number of rotatable bonds is 7. The molecule has 1 aliphatic carbocycles. The first-order valence-electron chi connectivity index (χ1n) is 8.92. The minimum atomic E-state index is -0.618. The molecule has 0 fully saturated rings. The summed E-state index contributed by atoms with van der Waals surface area (Å²) in [6, 6.07) is 4.04. The van der Waals surface area contributed by atoms with Crippen LogP contribution in [-0.4, -0.2) is 49.3 Å². The van der Waals surface area contributed by atoms with Crippen molar-refractivity contribution in [1.29, 1.82) is 0 Å². The molecule has 154 valence electrons. The van der Waals surface area contributed by atoms with E-state index in [1.54, 1.807) is 24.3 Å². The lowest BCUT2D eigenvalue weighted by Crippen LogP contribution is -2.45. The second-order valence-electron chi connectivity index (χ2n) is 6.16. The first-order chi connectivity index (χ1) is 14.1. The molecule has 1 atom stereocenters. The van der Waals surface area contributed by atoms with Crippen LogP contribution in [0.2, 0.25) is 0 Å². The minimum Gasteiger partial charge on any atom is -0.458 e. The summed E-state index contributed by atoms with van der Waals surface area (Å²) in [7, 11) is 1.54. The summed E-state index contributed by atoms with van der Waals surface area (Å²) in [4.78, 5) is 26.8. The average Bonchev–Trinajstić information content (AvgIpc) is 2.73. The summed E-state index contributed by atoms with van der Waals surface area (Å²) in [5.74, 6) is 0.308. The maximum absolute atomic E-state index is 13.0. The van der Waals surface area contributed by atoms with Crippen LogP contribution < -0.4 is 14.8 Å². The van der Waals surface area contributed by atoms with Gasteiger partial charge in [-0.25, -0.2) is 9.69 Å². The van der Waals surface area contributed by atoms with Gasteiger partial charge >= 0.3 is 6.03 Å². The highest BCUT2D eigenvalue weighted by molar-refractivity contribution is 6.22. The van der Waals surface area contributed by atoms with E-state index in [1.165, 1.54) is 25.7 Å². The van der Waals surface area contributed by atoms with E-state index in [4.69, 9.17) is 30.5 Å². The average molecular weight is 421 g/mol. The van der Waals surface area contributed by atoms with Crippen LogP contribution in [0.4, 0.5) is 4.79 Å². The van der Waals surface area contributed by atoms with E-state index in [0.717, 1.165) is 4.90 Å². The number of hydrogen-bond donors (Lipinski definition) is 1. The summed E-state index contributed by atoms with van der Waals surface area (Å²) in [6.07, 6.45) is 8.52. The number of halogens is 1. The third-order valence-corrected chi connectivity index (χ3v) is 4.38. The molecular formula is C20H21ClN2O6. The smallest absolute Gasteiger partial charge is 0.330 e. The molecule has 3 rings (SSSR count). The SMILES string of the molecule is COCCOCN(C(=O)NC1=CC=CC(Cl)C1)C(=O)c1ccc2c(c1)OC=CO2. The van der Waals surface area contributed by atoms with Crippen molar-refractivity contribution in [2.75, 3.05) is 27.1 Å². The van der Waals surface area contributed by atoms with E-state index in [9.17, 15) is 9.59 Å². The number of methoxy groups -OCH3 is 1. The first-order valence-corrected chi connectivity index (χ1v) is 9.35. The topological polar surface area (TPSA) is 86.3 Å². The number of alkyl halides is 1. The monoisotopic (exact) mass is 420 g/mol. The van der Waals surface area contributed by atoms with E-state index >= 15 is 0 Å². The summed E-state index contributed by atoms with van der Waals surface area (Å²) in [6.45, 7) is 0.328. The van der Waals surface area contributed by atoms with Gasteiger partial charge < -0.3 is 24.3 Å². The van der Waals surface area contributed by atoms with Crippen molar-refractivity contribution < 1.29 is 28.5 Å². The Morgan fingerprint density at radius 2 is 2.03 bits per heavy atom. The fourth-order valence-electron chi connectivity index (χ4n) is 2.63. The number of carbonyl (C=O) groups is 2. The van der Waals surface area contributed by atoms with Gasteiger partial charge in [0.15, 0.2) is 11.5 Å². The molecule has 1 aromatic carbocycles. The van der Waals surface area contributed by atoms with Gasteiger partial charge in [-0.05, 0) is 24.3 Å². The Balaban J connectivity index is 1.75. The molecule has 1 N–H and O–H groups in total. The van der Waals surface area contributed by atoms with Gasteiger partial charge in [0.25, 0.3) is 5.91 Å². The second kappa shape index (κ2) is 10.1. The lowest BCUT2D eigenvalue weighted by molar-refractivity contribution is 0.0181. The van der Waals surface area contributed by atoms with Gasteiger partial charge in [0.2, 0.25) is 0 Å². The summed E-state index contributed by atoms with van der Waals surface area (Å²) >= 11 is 6.09. The predicted octanol–water partition coefficient (Wildman–Crippen LogP) is 3.15. The Bertz CT molecular complexity index is 851. The zero-order valence-electron chi connectivity index (χ0n) is 15.8. The molecule has 1 aromatic rings. The van der Waals surface area contributed by atoms with Crippen molar-refractivity contribution >= 4 is 23.5 Å². The van der Waals surface area contributed by atoms with Crippen molar-refractivity contribution in [1.82, 2.24) is 10.2 Å². The zero-order chi connectivity index (χ0) is 20.6. The van der Waals surface area contributed by atoms with Crippen molar-refractivity contribution in [3.63, 3.8) is 0 Å². The maximum atomic E-state index is 13.0. The van der Waals surface area contributed by atoms with Crippen molar-refractivity contribution in [3.8, 4) is 11.5 Å². The molecule has 29 heavy (non-hydrogen) atoms. The van der Waals surface area contributed by atoms with Crippen LogP contribution >= 0.6 is 11.6 Å². The molecule has 1 heterocycles. The largest absolute Gasteiger partial charge is 0.458 e. The fraction of sp³-hybridized carbons (Fsp3) is 0.300. The van der Waals surface area contributed by atoms with Gasteiger partial charge in [0.1, 0.15) is 19.3 Å². The Kier molecular flexibility index (Phi) is 7.29. The van der Waals surface area contributed by atoms with Crippen molar-refractivity contribution in [3.05, 3.63) is 60.2 Å². The van der Waals surface area contributed by atoms with Crippen LogP contribution in [-0.2, 0) is 9.47 Å². The molecule has 0 aromatic heterocycles. The minimum absolute atomic E-state index is 0.219. The van der Waals surface area contributed by atoms with E-state index in [-0.39, 0.29) is 24.3 Å². The molecule has 2 aliphatic rings. The molecule has 9 heteroatoms. The van der Waals surface area contributed by atoms with Crippen LogP contribution in [0.25, 0.3) is 0 Å². The summed E-state index contributed by atoms with van der Waals surface area (Å²) in [5.41, 5.74) is 0.861. The van der Waals surface area contributed by atoms with Crippen LogP contribution in [0, 0.1) is 0 Å². The van der Waals surface area contributed by atoms with Gasteiger partial charge in [-0.15, -0.1) is 11.6 Å². The third-order valence-electron chi connectivity index (χ3n) is 4.08. The first kappa shape index (κ1) is 20.9. The zero-order valence-corrected chi connectivity index (χ0v) is 16.6. The number of nitrogens with zero attached hydrogens (tertiary/aromatic N) is 1. The molecule has 0 bridgehead atoms.